The van der Waals surface area contributed by atoms with Crippen molar-refractivity contribution in [1.29, 1.82) is 0 Å². The third-order valence-corrected chi connectivity index (χ3v) is 4.83. The maximum Gasteiger partial charge on any atom is 0.317 e. The van der Waals surface area contributed by atoms with Gasteiger partial charge in [-0.2, -0.15) is 5.10 Å². The standard InChI is InChI=1S/C19H24FN5O/c1-14-7-8-15(11-17(14)20)12-21-19(26)24(2)16-5-4-10-25(13-16)18-6-3-9-22-23-18/h3,6-9,11,16H,4-5,10,12-13H2,1-2H3,(H,21,26). The molecule has 1 atom stereocenters. The Kier molecular flexibility index (Phi) is 5.65. The van der Waals surface area contributed by atoms with Gasteiger partial charge < -0.3 is 15.1 Å². The number of aryl methyl sites for hydroxylation is 1. The first-order valence-corrected chi connectivity index (χ1v) is 8.83. The van der Waals surface area contributed by atoms with Crippen LogP contribution in [0.3, 0.4) is 0 Å². The van der Waals surface area contributed by atoms with E-state index in [4.69, 9.17) is 0 Å². The lowest BCUT2D eigenvalue weighted by molar-refractivity contribution is 0.182. The summed E-state index contributed by atoms with van der Waals surface area (Å²) in [6, 6.07) is 8.75. The van der Waals surface area contributed by atoms with Crippen molar-refractivity contribution in [2.24, 2.45) is 0 Å². The summed E-state index contributed by atoms with van der Waals surface area (Å²) >= 11 is 0. The highest BCUT2D eigenvalue weighted by Crippen LogP contribution is 2.19. The van der Waals surface area contributed by atoms with Crippen LogP contribution in [0, 0.1) is 12.7 Å². The van der Waals surface area contributed by atoms with E-state index in [0.29, 0.717) is 12.1 Å². The monoisotopic (exact) mass is 357 g/mol. The maximum absolute atomic E-state index is 13.6. The number of likely N-dealkylation sites (N-methyl/N-ethyl adjacent to an activating group) is 1. The average molecular weight is 357 g/mol. The van der Waals surface area contributed by atoms with Gasteiger partial charge in [-0.3, -0.25) is 0 Å². The van der Waals surface area contributed by atoms with Crippen molar-refractivity contribution in [3.63, 3.8) is 0 Å². The molecule has 1 aromatic carbocycles. The molecule has 2 heterocycles. The van der Waals surface area contributed by atoms with E-state index < -0.39 is 0 Å². The number of halogens is 1. The van der Waals surface area contributed by atoms with Gasteiger partial charge in [-0.25, -0.2) is 9.18 Å². The molecule has 0 aliphatic carbocycles. The fraction of sp³-hybridized carbons (Fsp3) is 0.421. The zero-order valence-electron chi connectivity index (χ0n) is 15.2. The number of rotatable bonds is 4. The van der Waals surface area contributed by atoms with Crippen LogP contribution in [0.5, 0.6) is 0 Å². The molecule has 7 heteroatoms. The van der Waals surface area contributed by atoms with E-state index >= 15 is 0 Å². The predicted molar refractivity (Wildman–Crippen MR) is 98.4 cm³/mol. The first-order valence-electron chi connectivity index (χ1n) is 8.83. The summed E-state index contributed by atoms with van der Waals surface area (Å²) in [6.07, 6.45) is 3.58. The Balaban J connectivity index is 1.56. The molecule has 0 spiro atoms. The summed E-state index contributed by atoms with van der Waals surface area (Å²) in [5.41, 5.74) is 1.35. The highest BCUT2D eigenvalue weighted by molar-refractivity contribution is 5.74. The Hall–Kier alpha value is -2.70. The molecule has 0 saturated carbocycles. The van der Waals surface area contributed by atoms with Crippen molar-refractivity contribution in [3.05, 3.63) is 53.5 Å². The van der Waals surface area contributed by atoms with Crippen LogP contribution in [-0.2, 0) is 6.54 Å². The van der Waals surface area contributed by atoms with Crippen LogP contribution >= 0.6 is 0 Å². The number of aromatic nitrogens is 2. The van der Waals surface area contributed by atoms with Gasteiger partial charge in [0.2, 0.25) is 0 Å². The third-order valence-electron chi connectivity index (χ3n) is 4.83. The lowest BCUT2D eigenvalue weighted by Crippen LogP contribution is -2.51. The molecule has 0 radical (unpaired) electrons. The van der Waals surface area contributed by atoms with Gasteiger partial charge in [-0.05, 0) is 49.1 Å². The number of urea groups is 1. The van der Waals surface area contributed by atoms with Crippen molar-refractivity contribution >= 4 is 11.8 Å². The Bertz CT molecular complexity index is 755. The normalized spacial score (nSPS) is 17.0. The third kappa shape index (κ3) is 4.28. The van der Waals surface area contributed by atoms with Gasteiger partial charge in [-0.1, -0.05) is 12.1 Å². The van der Waals surface area contributed by atoms with Crippen LogP contribution in [0.2, 0.25) is 0 Å². The minimum atomic E-state index is -0.253. The fourth-order valence-corrected chi connectivity index (χ4v) is 3.16. The summed E-state index contributed by atoms with van der Waals surface area (Å²) in [5, 5.41) is 11.0. The number of piperidine rings is 1. The molecular weight excluding hydrogens is 333 g/mol. The van der Waals surface area contributed by atoms with Crippen LogP contribution in [0.1, 0.15) is 24.0 Å². The van der Waals surface area contributed by atoms with Crippen LogP contribution in [0.25, 0.3) is 0 Å². The minimum Gasteiger partial charge on any atom is -0.353 e. The Morgan fingerprint density at radius 1 is 1.42 bits per heavy atom. The van der Waals surface area contributed by atoms with Crippen LogP contribution in [0.4, 0.5) is 15.0 Å². The fourth-order valence-electron chi connectivity index (χ4n) is 3.16. The molecular formula is C19H24FN5O. The lowest BCUT2D eigenvalue weighted by Gasteiger charge is -2.37. The minimum absolute atomic E-state index is 0.0977. The number of amides is 2. The second kappa shape index (κ2) is 8.12. The molecule has 26 heavy (non-hydrogen) atoms. The molecule has 3 rings (SSSR count). The van der Waals surface area contributed by atoms with E-state index in [2.05, 4.69) is 20.4 Å². The zero-order valence-corrected chi connectivity index (χ0v) is 15.2. The number of anilines is 1. The number of hydrogen-bond acceptors (Lipinski definition) is 4. The summed E-state index contributed by atoms with van der Waals surface area (Å²) in [7, 11) is 1.80. The highest BCUT2D eigenvalue weighted by atomic mass is 19.1. The van der Waals surface area contributed by atoms with Gasteiger partial charge in [0, 0.05) is 32.9 Å². The molecule has 6 nitrogen and oxygen atoms in total. The van der Waals surface area contributed by atoms with Crippen molar-refractivity contribution in [2.45, 2.75) is 32.4 Å². The molecule has 1 aliphatic heterocycles. The Morgan fingerprint density at radius 2 is 2.27 bits per heavy atom. The Labute approximate surface area is 153 Å². The number of hydrogen-bond donors (Lipinski definition) is 1. The van der Waals surface area contributed by atoms with E-state index in [1.165, 1.54) is 6.07 Å². The molecule has 2 aromatic rings. The van der Waals surface area contributed by atoms with Crippen molar-refractivity contribution in [2.75, 3.05) is 25.0 Å². The lowest BCUT2D eigenvalue weighted by atomic mass is 10.0. The van der Waals surface area contributed by atoms with Crippen molar-refractivity contribution in [3.8, 4) is 0 Å². The van der Waals surface area contributed by atoms with Gasteiger partial charge in [0.15, 0.2) is 5.82 Å². The van der Waals surface area contributed by atoms with Gasteiger partial charge in [0.25, 0.3) is 0 Å². The van der Waals surface area contributed by atoms with Gasteiger partial charge in [0.1, 0.15) is 5.82 Å². The molecule has 1 unspecified atom stereocenters. The van der Waals surface area contributed by atoms with E-state index in [1.807, 2.05) is 18.2 Å². The molecule has 1 N–H and O–H groups in total. The summed E-state index contributed by atoms with van der Waals surface area (Å²) in [4.78, 5) is 16.4. The predicted octanol–water partition coefficient (Wildman–Crippen LogP) is 2.73. The number of carbonyl (C=O) groups excluding carboxylic acids is 1. The van der Waals surface area contributed by atoms with Gasteiger partial charge in [-0.15, -0.1) is 5.10 Å². The van der Waals surface area contributed by atoms with Crippen molar-refractivity contribution < 1.29 is 9.18 Å². The number of carbonyl (C=O) groups is 1. The average Bonchev–Trinajstić information content (AvgIpc) is 2.69. The summed E-state index contributed by atoms with van der Waals surface area (Å²) < 4.78 is 13.6. The molecule has 0 bridgehead atoms. The van der Waals surface area contributed by atoms with Crippen molar-refractivity contribution in [1.82, 2.24) is 20.4 Å². The van der Waals surface area contributed by atoms with E-state index in [0.717, 1.165) is 37.3 Å². The number of nitrogens with zero attached hydrogens (tertiary/aromatic N) is 4. The Morgan fingerprint density at radius 3 is 3.00 bits per heavy atom. The first kappa shape index (κ1) is 18.1. The number of benzene rings is 1. The SMILES string of the molecule is Cc1ccc(CNC(=O)N(C)C2CCCN(c3cccnn3)C2)cc1F. The molecule has 138 valence electrons. The number of nitrogens with one attached hydrogen (secondary N) is 1. The van der Waals surface area contributed by atoms with E-state index in [-0.39, 0.29) is 17.9 Å². The summed E-state index contributed by atoms with van der Waals surface area (Å²) in [5.74, 6) is 0.582. The molecule has 1 aromatic heterocycles. The second-order valence-electron chi connectivity index (χ2n) is 6.68. The van der Waals surface area contributed by atoms with Crippen LogP contribution in [0.15, 0.2) is 36.5 Å². The van der Waals surface area contributed by atoms with Crippen LogP contribution in [-0.4, -0.2) is 47.3 Å². The topological polar surface area (TPSA) is 61.4 Å². The molecule has 1 fully saturated rings. The maximum atomic E-state index is 13.6. The quantitative estimate of drug-likeness (QED) is 0.914. The zero-order chi connectivity index (χ0) is 18.5. The highest BCUT2D eigenvalue weighted by Gasteiger charge is 2.26. The molecule has 2 amide bonds. The summed E-state index contributed by atoms with van der Waals surface area (Å²) in [6.45, 7) is 3.66. The molecule has 1 saturated heterocycles. The smallest absolute Gasteiger partial charge is 0.317 e. The van der Waals surface area contributed by atoms with E-state index in [9.17, 15) is 9.18 Å². The van der Waals surface area contributed by atoms with E-state index in [1.54, 1.807) is 31.1 Å². The second-order valence-corrected chi connectivity index (χ2v) is 6.68. The van der Waals surface area contributed by atoms with Crippen LogP contribution < -0.4 is 10.2 Å². The molecule has 1 aliphatic rings. The van der Waals surface area contributed by atoms with Gasteiger partial charge >= 0.3 is 6.03 Å². The largest absolute Gasteiger partial charge is 0.353 e. The van der Waals surface area contributed by atoms with Gasteiger partial charge in [0.05, 0.1) is 6.04 Å². The first-order chi connectivity index (χ1) is 12.5.